The third-order valence-corrected chi connectivity index (χ3v) is 1.91. The van der Waals surface area contributed by atoms with Crippen LogP contribution >= 0.6 is 0 Å². The summed E-state index contributed by atoms with van der Waals surface area (Å²) in [6, 6.07) is 1.62. The van der Waals surface area contributed by atoms with Gasteiger partial charge < -0.3 is 9.47 Å². The van der Waals surface area contributed by atoms with Crippen molar-refractivity contribution in [3.05, 3.63) is 5.57 Å². The van der Waals surface area contributed by atoms with Gasteiger partial charge in [-0.25, -0.2) is 4.79 Å². The van der Waals surface area contributed by atoms with Crippen molar-refractivity contribution in [1.82, 2.24) is 0 Å². The van der Waals surface area contributed by atoms with E-state index in [1.807, 2.05) is 0 Å². The first-order valence-electron chi connectivity index (χ1n) is 4.74. The summed E-state index contributed by atoms with van der Waals surface area (Å²) in [5.74, 6) is 6.36. The maximum Gasteiger partial charge on any atom is 0.185 e. The fourth-order valence-corrected chi connectivity index (χ4v) is 1.18. The van der Waals surface area contributed by atoms with Gasteiger partial charge in [0.1, 0.15) is 12.7 Å². The zero-order valence-electron chi connectivity index (χ0n) is 8.28. The summed E-state index contributed by atoms with van der Waals surface area (Å²) in [4.78, 5) is 10.1. The van der Waals surface area contributed by atoms with Crippen LogP contribution in [0.2, 0.25) is 0 Å². The lowest BCUT2D eigenvalue weighted by Crippen LogP contribution is -2.22. The molecule has 0 spiro atoms. The maximum atomic E-state index is 10.1. The van der Waals surface area contributed by atoms with Gasteiger partial charge in [0.05, 0.1) is 0 Å². The van der Waals surface area contributed by atoms with Crippen molar-refractivity contribution in [3.63, 3.8) is 0 Å². The first-order valence-corrected chi connectivity index (χ1v) is 4.74. The van der Waals surface area contributed by atoms with Crippen LogP contribution in [0.5, 0.6) is 0 Å². The first-order chi connectivity index (χ1) is 7.36. The van der Waals surface area contributed by atoms with Crippen LogP contribution in [-0.4, -0.2) is 25.4 Å². The molecule has 1 aliphatic heterocycles. The second-order valence-corrected chi connectivity index (χ2v) is 3.00. The number of ether oxygens (including phenoxy) is 2. The summed E-state index contributed by atoms with van der Waals surface area (Å²) in [6.45, 7) is 0.882. The minimum absolute atomic E-state index is 0.164. The number of hydrogen-bond acceptors (Lipinski definition) is 4. The molecule has 1 aliphatic rings. The molecular formula is C11H11NO3. The van der Waals surface area contributed by atoms with Crippen molar-refractivity contribution in [2.75, 3.05) is 13.2 Å². The normalized spacial score (nSPS) is 19.3. The Morgan fingerprint density at radius 1 is 1.53 bits per heavy atom. The average molecular weight is 205 g/mol. The van der Waals surface area contributed by atoms with Gasteiger partial charge in [-0.1, -0.05) is 5.92 Å². The highest BCUT2D eigenvalue weighted by molar-refractivity contribution is 5.66. The summed E-state index contributed by atoms with van der Waals surface area (Å²) in [7, 11) is 0. The highest BCUT2D eigenvalue weighted by atomic mass is 16.7. The Kier molecular flexibility index (Phi) is 5.22. The Morgan fingerprint density at radius 2 is 2.40 bits per heavy atom. The summed E-state index contributed by atoms with van der Waals surface area (Å²) < 4.78 is 10.6. The van der Waals surface area contributed by atoms with E-state index in [9.17, 15) is 4.79 Å². The maximum absolute atomic E-state index is 10.1. The van der Waals surface area contributed by atoms with Gasteiger partial charge >= 0.3 is 0 Å². The Morgan fingerprint density at radius 3 is 3.00 bits per heavy atom. The molecule has 1 fully saturated rings. The molecule has 1 saturated heterocycles. The SMILES string of the molecule is N#CC(=C=O)C#CCOC1CCCCO1. The van der Waals surface area contributed by atoms with Crippen molar-refractivity contribution in [2.45, 2.75) is 25.6 Å². The third-order valence-electron chi connectivity index (χ3n) is 1.91. The molecule has 0 aliphatic carbocycles. The second-order valence-electron chi connectivity index (χ2n) is 3.00. The van der Waals surface area contributed by atoms with E-state index in [0.717, 1.165) is 25.9 Å². The van der Waals surface area contributed by atoms with E-state index in [2.05, 4.69) is 11.8 Å². The molecule has 0 aromatic carbocycles. The molecule has 0 N–H and O–H groups in total. The standard InChI is InChI=1S/C11H11NO3/c12-8-10(9-13)4-3-7-15-11-5-1-2-6-14-11/h11H,1-2,5-7H2. The average Bonchev–Trinajstić information content (AvgIpc) is 2.31. The number of nitriles is 1. The Hall–Kier alpha value is -1.58. The van der Waals surface area contributed by atoms with Gasteiger partial charge in [0.25, 0.3) is 0 Å². The molecule has 4 nitrogen and oxygen atoms in total. The molecular weight excluding hydrogens is 194 g/mol. The lowest BCUT2D eigenvalue weighted by atomic mass is 10.2. The van der Waals surface area contributed by atoms with Gasteiger partial charge in [-0.2, -0.15) is 5.26 Å². The zero-order chi connectivity index (χ0) is 10.9. The molecule has 1 atom stereocenters. The molecule has 0 amide bonds. The van der Waals surface area contributed by atoms with Gasteiger partial charge in [0.15, 0.2) is 17.8 Å². The van der Waals surface area contributed by atoms with E-state index in [1.165, 1.54) is 5.94 Å². The number of carbonyl (C=O) groups excluding carboxylic acids is 1. The van der Waals surface area contributed by atoms with E-state index >= 15 is 0 Å². The van der Waals surface area contributed by atoms with Crippen LogP contribution in [0.1, 0.15) is 19.3 Å². The minimum Gasteiger partial charge on any atom is -0.353 e. The molecule has 15 heavy (non-hydrogen) atoms. The van der Waals surface area contributed by atoms with E-state index in [-0.39, 0.29) is 18.5 Å². The van der Waals surface area contributed by atoms with Crippen LogP contribution in [0, 0.1) is 23.2 Å². The fourth-order valence-electron chi connectivity index (χ4n) is 1.18. The monoisotopic (exact) mass is 205 g/mol. The van der Waals surface area contributed by atoms with Gasteiger partial charge in [-0.15, -0.1) is 0 Å². The quantitative estimate of drug-likeness (QED) is 0.380. The van der Waals surface area contributed by atoms with Crippen molar-refractivity contribution in [2.24, 2.45) is 0 Å². The highest BCUT2D eigenvalue weighted by Gasteiger charge is 2.12. The van der Waals surface area contributed by atoms with Crippen LogP contribution in [-0.2, 0) is 14.3 Å². The summed E-state index contributed by atoms with van der Waals surface area (Å²) in [6.07, 6.45) is 2.84. The molecule has 0 aromatic heterocycles. The largest absolute Gasteiger partial charge is 0.353 e. The number of allylic oxidation sites excluding steroid dienone is 1. The lowest BCUT2D eigenvalue weighted by Gasteiger charge is -2.21. The van der Waals surface area contributed by atoms with Crippen LogP contribution < -0.4 is 0 Å². The molecule has 0 bridgehead atoms. The Labute approximate surface area is 88.5 Å². The smallest absolute Gasteiger partial charge is 0.185 e. The predicted molar refractivity (Wildman–Crippen MR) is 52.1 cm³/mol. The molecule has 1 heterocycles. The Balaban J connectivity index is 2.26. The van der Waals surface area contributed by atoms with Crippen molar-refractivity contribution < 1.29 is 14.3 Å². The summed E-state index contributed by atoms with van der Waals surface area (Å²) in [5.41, 5.74) is -0.205. The topological polar surface area (TPSA) is 59.3 Å². The molecule has 0 saturated carbocycles. The third kappa shape index (κ3) is 4.44. The van der Waals surface area contributed by atoms with Gasteiger partial charge in [0.2, 0.25) is 0 Å². The molecule has 0 aromatic rings. The predicted octanol–water partition coefficient (Wildman–Crippen LogP) is 0.815. The summed E-state index contributed by atoms with van der Waals surface area (Å²) in [5, 5.41) is 8.36. The van der Waals surface area contributed by atoms with E-state index in [1.54, 1.807) is 6.07 Å². The Bertz CT molecular complexity index is 346. The van der Waals surface area contributed by atoms with Crippen molar-refractivity contribution in [3.8, 4) is 17.9 Å². The highest BCUT2D eigenvalue weighted by Crippen LogP contribution is 2.12. The van der Waals surface area contributed by atoms with Crippen LogP contribution in [0.15, 0.2) is 5.57 Å². The number of rotatable bonds is 2. The van der Waals surface area contributed by atoms with Gasteiger partial charge in [-0.3, -0.25) is 0 Å². The van der Waals surface area contributed by atoms with Gasteiger partial charge in [-0.05, 0) is 25.2 Å². The van der Waals surface area contributed by atoms with Crippen LogP contribution in [0.4, 0.5) is 0 Å². The summed E-state index contributed by atoms with van der Waals surface area (Å²) >= 11 is 0. The van der Waals surface area contributed by atoms with E-state index < -0.39 is 0 Å². The first kappa shape index (κ1) is 11.5. The van der Waals surface area contributed by atoms with Crippen molar-refractivity contribution in [1.29, 1.82) is 5.26 Å². The lowest BCUT2D eigenvalue weighted by molar-refractivity contribution is -0.154. The zero-order valence-corrected chi connectivity index (χ0v) is 8.28. The van der Waals surface area contributed by atoms with E-state index in [4.69, 9.17) is 14.7 Å². The fraction of sp³-hybridized carbons (Fsp3) is 0.545. The molecule has 1 unspecified atom stereocenters. The van der Waals surface area contributed by atoms with Gasteiger partial charge in [0, 0.05) is 6.61 Å². The van der Waals surface area contributed by atoms with Crippen LogP contribution in [0.25, 0.3) is 0 Å². The van der Waals surface area contributed by atoms with Crippen molar-refractivity contribution >= 4 is 5.94 Å². The molecule has 4 heteroatoms. The van der Waals surface area contributed by atoms with Crippen LogP contribution in [0.3, 0.4) is 0 Å². The molecule has 1 rings (SSSR count). The number of hydrogen-bond donors (Lipinski definition) is 0. The minimum atomic E-state index is -0.205. The molecule has 78 valence electrons. The van der Waals surface area contributed by atoms with E-state index in [0.29, 0.717) is 0 Å². The number of nitrogens with zero attached hydrogens (tertiary/aromatic N) is 1. The molecule has 0 radical (unpaired) electrons. The second kappa shape index (κ2) is 6.81.